The molecule has 1 N–H and O–H groups in total. The van der Waals surface area contributed by atoms with E-state index in [1.54, 1.807) is 0 Å². The van der Waals surface area contributed by atoms with Gasteiger partial charge in [0.15, 0.2) is 0 Å². The third-order valence-electron chi connectivity index (χ3n) is 5.17. The molecule has 2 aromatic rings. The zero-order valence-electron chi connectivity index (χ0n) is 15.0. The molecule has 24 heavy (non-hydrogen) atoms. The molecular weight excluding hydrogens is 294 g/mol. The average molecular weight is 319 g/mol. The normalized spacial score (nSPS) is 19.4. The van der Waals surface area contributed by atoms with Gasteiger partial charge in [0.05, 0.1) is 28.5 Å². The molecule has 0 aromatic heterocycles. The maximum atomic E-state index is 8.97. The van der Waals surface area contributed by atoms with Gasteiger partial charge in [-0.3, -0.25) is 0 Å². The van der Waals surface area contributed by atoms with Gasteiger partial charge in [0.25, 0.3) is 0 Å². The van der Waals surface area contributed by atoms with E-state index in [0.29, 0.717) is 5.56 Å². The van der Waals surface area contributed by atoms with Crippen LogP contribution in [0.25, 0.3) is 0 Å². The first-order chi connectivity index (χ1) is 11.4. The van der Waals surface area contributed by atoms with Gasteiger partial charge in [-0.05, 0) is 68.1 Å². The number of rotatable bonds is 3. The second-order valence-electron chi connectivity index (χ2n) is 7.16. The van der Waals surface area contributed by atoms with Crippen molar-refractivity contribution in [2.75, 3.05) is 16.8 Å². The van der Waals surface area contributed by atoms with Crippen LogP contribution in [0.5, 0.6) is 0 Å². The molecule has 0 saturated heterocycles. The highest BCUT2D eigenvalue weighted by atomic mass is 15.2. The number of hydrogen-bond acceptors (Lipinski definition) is 3. The second kappa shape index (κ2) is 6.20. The Morgan fingerprint density at radius 2 is 1.83 bits per heavy atom. The van der Waals surface area contributed by atoms with Crippen molar-refractivity contribution in [2.45, 2.75) is 46.2 Å². The number of hydrogen-bond donors (Lipinski definition) is 1. The Morgan fingerprint density at radius 1 is 1.17 bits per heavy atom. The summed E-state index contributed by atoms with van der Waals surface area (Å²) in [7, 11) is 0. The van der Waals surface area contributed by atoms with Gasteiger partial charge in [0.1, 0.15) is 0 Å². The Balaban J connectivity index is 1.97. The van der Waals surface area contributed by atoms with Crippen LogP contribution in [0.2, 0.25) is 0 Å². The van der Waals surface area contributed by atoms with Crippen molar-refractivity contribution in [1.82, 2.24) is 0 Å². The molecule has 1 aliphatic heterocycles. The van der Waals surface area contributed by atoms with Crippen molar-refractivity contribution in [3.63, 3.8) is 0 Å². The number of nitriles is 1. The molecule has 1 atom stereocenters. The lowest BCUT2D eigenvalue weighted by molar-refractivity contribution is 0.471. The summed E-state index contributed by atoms with van der Waals surface area (Å²) in [5.41, 5.74) is 7.15. The molecule has 0 aliphatic carbocycles. The zero-order valence-corrected chi connectivity index (χ0v) is 15.0. The lowest BCUT2D eigenvalue weighted by Crippen LogP contribution is -2.50. The fourth-order valence-electron chi connectivity index (χ4n) is 3.28. The molecule has 124 valence electrons. The van der Waals surface area contributed by atoms with Crippen LogP contribution in [0.4, 0.5) is 11.4 Å². The van der Waals surface area contributed by atoms with E-state index < -0.39 is 0 Å². The van der Waals surface area contributed by atoms with Crippen LogP contribution >= 0.6 is 0 Å². The first-order valence-corrected chi connectivity index (χ1v) is 8.57. The SMILES string of the molecule is CCC1(C)CN(Cc2ccc(C#N)cc2)c2cc(C)c(C)cc2N1. The summed E-state index contributed by atoms with van der Waals surface area (Å²) >= 11 is 0. The van der Waals surface area contributed by atoms with E-state index in [4.69, 9.17) is 5.26 Å². The van der Waals surface area contributed by atoms with Gasteiger partial charge in [0, 0.05) is 13.1 Å². The Hall–Kier alpha value is -2.47. The molecule has 0 saturated carbocycles. The van der Waals surface area contributed by atoms with Crippen LogP contribution < -0.4 is 10.2 Å². The summed E-state index contributed by atoms with van der Waals surface area (Å²) < 4.78 is 0. The second-order valence-corrected chi connectivity index (χ2v) is 7.16. The molecule has 1 unspecified atom stereocenters. The lowest BCUT2D eigenvalue weighted by atomic mass is 9.92. The Morgan fingerprint density at radius 3 is 2.46 bits per heavy atom. The van der Waals surface area contributed by atoms with E-state index in [1.807, 2.05) is 12.1 Å². The molecule has 3 heteroatoms. The largest absolute Gasteiger partial charge is 0.376 e. The highest BCUT2D eigenvalue weighted by Crippen LogP contribution is 2.38. The third kappa shape index (κ3) is 3.10. The number of anilines is 2. The molecule has 0 spiro atoms. The predicted octanol–water partition coefficient (Wildman–Crippen LogP) is 4.78. The predicted molar refractivity (Wildman–Crippen MR) is 100 cm³/mol. The smallest absolute Gasteiger partial charge is 0.0991 e. The van der Waals surface area contributed by atoms with Gasteiger partial charge < -0.3 is 10.2 Å². The van der Waals surface area contributed by atoms with Crippen LogP contribution in [0.15, 0.2) is 36.4 Å². The highest BCUT2D eigenvalue weighted by Gasteiger charge is 2.32. The van der Waals surface area contributed by atoms with E-state index >= 15 is 0 Å². The summed E-state index contributed by atoms with van der Waals surface area (Å²) in [5, 5.41) is 12.7. The van der Waals surface area contributed by atoms with E-state index in [-0.39, 0.29) is 5.54 Å². The maximum absolute atomic E-state index is 8.97. The lowest BCUT2D eigenvalue weighted by Gasteiger charge is -2.44. The fourth-order valence-corrected chi connectivity index (χ4v) is 3.28. The van der Waals surface area contributed by atoms with Crippen LogP contribution in [0, 0.1) is 25.2 Å². The molecule has 1 heterocycles. The minimum absolute atomic E-state index is 0.0707. The van der Waals surface area contributed by atoms with E-state index in [9.17, 15) is 0 Å². The summed E-state index contributed by atoms with van der Waals surface area (Å²) in [6.07, 6.45) is 1.07. The van der Waals surface area contributed by atoms with E-state index in [0.717, 1.165) is 19.5 Å². The van der Waals surface area contributed by atoms with Gasteiger partial charge in [-0.1, -0.05) is 19.1 Å². The highest BCUT2D eigenvalue weighted by molar-refractivity contribution is 5.75. The van der Waals surface area contributed by atoms with Crippen LogP contribution in [-0.2, 0) is 6.54 Å². The molecule has 3 rings (SSSR count). The average Bonchev–Trinajstić information content (AvgIpc) is 2.57. The molecule has 0 radical (unpaired) electrons. The van der Waals surface area contributed by atoms with Crippen LogP contribution in [0.3, 0.4) is 0 Å². The minimum Gasteiger partial charge on any atom is -0.376 e. The number of nitrogens with zero attached hydrogens (tertiary/aromatic N) is 2. The molecule has 3 nitrogen and oxygen atoms in total. The monoisotopic (exact) mass is 319 g/mol. The van der Waals surface area contributed by atoms with Crippen molar-refractivity contribution in [3.8, 4) is 6.07 Å². The summed E-state index contributed by atoms with van der Waals surface area (Å²) in [6.45, 7) is 10.7. The Labute approximate surface area is 144 Å². The van der Waals surface area contributed by atoms with E-state index in [2.05, 4.69) is 68.2 Å². The van der Waals surface area contributed by atoms with Crippen molar-refractivity contribution in [2.24, 2.45) is 0 Å². The number of nitrogens with one attached hydrogen (secondary N) is 1. The van der Waals surface area contributed by atoms with E-state index in [1.165, 1.54) is 28.1 Å². The standard InChI is InChI=1S/C21H25N3/c1-5-21(4)14-24(13-18-8-6-17(12-22)7-9-18)20-11-16(3)15(2)10-19(20)23-21/h6-11,23H,5,13-14H2,1-4H3. The fraction of sp³-hybridized carbons (Fsp3) is 0.381. The van der Waals surface area contributed by atoms with Gasteiger partial charge in [0.2, 0.25) is 0 Å². The zero-order chi connectivity index (χ0) is 17.3. The number of fused-ring (bicyclic) bond motifs is 1. The molecular formula is C21H25N3. The van der Waals surface area contributed by atoms with Gasteiger partial charge in [-0.2, -0.15) is 5.26 Å². The number of aryl methyl sites for hydroxylation is 2. The molecule has 2 aromatic carbocycles. The Bertz CT molecular complexity index is 786. The molecule has 0 bridgehead atoms. The van der Waals surface area contributed by atoms with Crippen molar-refractivity contribution in [3.05, 3.63) is 58.7 Å². The first-order valence-electron chi connectivity index (χ1n) is 8.57. The molecule has 1 aliphatic rings. The van der Waals surface area contributed by atoms with Gasteiger partial charge in [-0.15, -0.1) is 0 Å². The molecule has 0 fully saturated rings. The van der Waals surface area contributed by atoms with Crippen molar-refractivity contribution in [1.29, 1.82) is 5.26 Å². The minimum atomic E-state index is 0.0707. The van der Waals surface area contributed by atoms with Crippen molar-refractivity contribution < 1.29 is 0 Å². The summed E-state index contributed by atoms with van der Waals surface area (Å²) in [5.74, 6) is 0. The quantitative estimate of drug-likeness (QED) is 0.885. The molecule has 0 amide bonds. The van der Waals surface area contributed by atoms with Gasteiger partial charge in [-0.25, -0.2) is 0 Å². The third-order valence-corrected chi connectivity index (χ3v) is 5.17. The van der Waals surface area contributed by atoms with Gasteiger partial charge >= 0.3 is 0 Å². The summed E-state index contributed by atoms with van der Waals surface area (Å²) in [4.78, 5) is 2.46. The first kappa shape index (κ1) is 16.4. The van der Waals surface area contributed by atoms with Crippen LogP contribution in [-0.4, -0.2) is 12.1 Å². The van der Waals surface area contributed by atoms with Crippen molar-refractivity contribution >= 4 is 11.4 Å². The number of benzene rings is 2. The maximum Gasteiger partial charge on any atom is 0.0991 e. The Kier molecular flexibility index (Phi) is 4.24. The van der Waals surface area contributed by atoms with Crippen LogP contribution in [0.1, 0.15) is 42.5 Å². The summed E-state index contributed by atoms with van der Waals surface area (Å²) in [6, 6.07) is 14.7. The topological polar surface area (TPSA) is 39.1 Å².